The Kier molecular flexibility index (Phi) is 6.22. The maximum absolute atomic E-state index is 11.8. The van der Waals surface area contributed by atoms with Crippen LogP contribution in [0, 0.1) is 0 Å². The maximum atomic E-state index is 11.8. The molecule has 0 fully saturated rings. The Bertz CT molecular complexity index is 483. The standard InChI is InChI=1S/C14H19N3O3/c1-3-13(19)15-8-9-16-14(20)11-4-6-12(7-5-11)17-10(2)18/h4-7H,3,8-9H2,1-2H3,(H,15,19)(H,16,20)(H,17,18). The van der Waals surface area contributed by atoms with Gasteiger partial charge in [-0.1, -0.05) is 6.92 Å². The number of benzene rings is 1. The Hall–Kier alpha value is -2.37. The molecule has 1 rings (SSSR count). The lowest BCUT2D eigenvalue weighted by Gasteiger charge is -2.07. The second-order valence-electron chi connectivity index (χ2n) is 4.22. The fraction of sp³-hybridized carbons (Fsp3) is 0.357. The third kappa shape index (κ3) is 5.51. The van der Waals surface area contributed by atoms with Crippen LogP contribution >= 0.6 is 0 Å². The molecule has 0 atom stereocenters. The SMILES string of the molecule is CCC(=O)NCCNC(=O)c1ccc(NC(C)=O)cc1. The lowest BCUT2D eigenvalue weighted by molar-refractivity contribution is -0.120. The first kappa shape index (κ1) is 15.7. The van der Waals surface area contributed by atoms with E-state index >= 15 is 0 Å². The number of amides is 3. The average molecular weight is 277 g/mol. The average Bonchev–Trinajstić information content (AvgIpc) is 2.43. The smallest absolute Gasteiger partial charge is 0.251 e. The second kappa shape index (κ2) is 7.93. The van der Waals surface area contributed by atoms with Crippen LogP contribution in [0.4, 0.5) is 5.69 Å². The van der Waals surface area contributed by atoms with Crippen LogP contribution < -0.4 is 16.0 Å². The van der Waals surface area contributed by atoms with Gasteiger partial charge in [0.25, 0.3) is 5.91 Å². The molecule has 0 heterocycles. The molecule has 1 aromatic carbocycles. The monoisotopic (exact) mass is 277 g/mol. The summed E-state index contributed by atoms with van der Waals surface area (Å²) < 4.78 is 0. The minimum Gasteiger partial charge on any atom is -0.354 e. The van der Waals surface area contributed by atoms with Gasteiger partial charge in [-0.15, -0.1) is 0 Å². The first-order valence-corrected chi connectivity index (χ1v) is 6.45. The largest absolute Gasteiger partial charge is 0.354 e. The maximum Gasteiger partial charge on any atom is 0.251 e. The molecule has 0 aromatic heterocycles. The van der Waals surface area contributed by atoms with Crippen LogP contribution in [0.3, 0.4) is 0 Å². The van der Waals surface area contributed by atoms with E-state index in [1.807, 2.05) is 0 Å². The number of nitrogens with one attached hydrogen (secondary N) is 3. The van der Waals surface area contributed by atoms with Gasteiger partial charge in [0, 0.05) is 37.7 Å². The third-order valence-corrected chi connectivity index (χ3v) is 2.52. The Morgan fingerprint density at radius 2 is 1.60 bits per heavy atom. The molecule has 0 radical (unpaired) electrons. The molecule has 0 aliphatic carbocycles. The van der Waals surface area contributed by atoms with Gasteiger partial charge < -0.3 is 16.0 Å². The molecular weight excluding hydrogens is 258 g/mol. The molecule has 0 saturated heterocycles. The molecular formula is C14H19N3O3. The van der Waals surface area contributed by atoms with Crippen LogP contribution in [0.5, 0.6) is 0 Å². The van der Waals surface area contributed by atoms with Gasteiger partial charge in [-0.05, 0) is 24.3 Å². The highest BCUT2D eigenvalue weighted by atomic mass is 16.2. The molecule has 3 amide bonds. The van der Waals surface area contributed by atoms with Crippen molar-refractivity contribution in [2.45, 2.75) is 20.3 Å². The zero-order chi connectivity index (χ0) is 15.0. The van der Waals surface area contributed by atoms with Gasteiger partial charge in [0.05, 0.1) is 0 Å². The van der Waals surface area contributed by atoms with E-state index in [0.29, 0.717) is 30.8 Å². The Balaban J connectivity index is 2.39. The normalized spacial score (nSPS) is 9.70. The molecule has 0 bridgehead atoms. The molecule has 6 nitrogen and oxygen atoms in total. The number of hydrogen-bond acceptors (Lipinski definition) is 3. The van der Waals surface area contributed by atoms with Crippen molar-refractivity contribution < 1.29 is 14.4 Å². The van der Waals surface area contributed by atoms with Crippen molar-refractivity contribution in [3.8, 4) is 0 Å². The summed E-state index contributed by atoms with van der Waals surface area (Å²) in [6.07, 6.45) is 0.429. The summed E-state index contributed by atoms with van der Waals surface area (Å²) in [5.74, 6) is -0.419. The number of hydrogen-bond donors (Lipinski definition) is 3. The fourth-order valence-corrected chi connectivity index (χ4v) is 1.51. The van der Waals surface area contributed by atoms with Gasteiger partial charge in [-0.2, -0.15) is 0 Å². The van der Waals surface area contributed by atoms with E-state index in [2.05, 4.69) is 16.0 Å². The summed E-state index contributed by atoms with van der Waals surface area (Å²) in [7, 11) is 0. The predicted octanol–water partition coefficient (Wildman–Crippen LogP) is 0.901. The minimum absolute atomic E-state index is 0.0427. The number of carbonyl (C=O) groups is 3. The second-order valence-corrected chi connectivity index (χ2v) is 4.22. The van der Waals surface area contributed by atoms with E-state index in [4.69, 9.17) is 0 Å². The van der Waals surface area contributed by atoms with Crippen LogP contribution in [-0.4, -0.2) is 30.8 Å². The zero-order valence-electron chi connectivity index (χ0n) is 11.7. The Morgan fingerprint density at radius 3 is 2.15 bits per heavy atom. The first-order valence-electron chi connectivity index (χ1n) is 6.45. The third-order valence-electron chi connectivity index (χ3n) is 2.52. The van der Waals surface area contributed by atoms with Crippen molar-refractivity contribution in [3.63, 3.8) is 0 Å². The molecule has 1 aromatic rings. The molecule has 0 aliphatic rings. The van der Waals surface area contributed by atoms with E-state index in [-0.39, 0.29) is 17.7 Å². The summed E-state index contributed by atoms with van der Waals surface area (Å²) in [6.45, 7) is 3.97. The zero-order valence-corrected chi connectivity index (χ0v) is 11.7. The van der Waals surface area contributed by atoms with Crippen LogP contribution in [0.15, 0.2) is 24.3 Å². The minimum atomic E-state index is -0.217. The van der Waals surface area contributed by atoms with Crippen LogP contribution in [-0.2, 0) is 9.59 Å². The molecule has 0 aliphatic heterocycles. The van der Waals surface area contributed by atoms with Gasteiger partial charge in [0.2, 0.25) is 11.8 Å². The number of anilines is 1. The highest BCUT2D eigenvalue weighted by Crippen LogP contribution is 2.09. The molecule has 0 saturated carbocycles. The molecule has 3 N–H and O–H groups in total. The van der Waals surface area contributed by atoms with Crippen molar-refractivity contribution >= 4 is 23.4 Å². The first-order chi connectivity index (χ1) is 9.52. The Labute approximate surface area is 117 Å². The van der Waals surface area contributed by atoms with Crippen molar-refractivity contribution in [2.75, 3.05) is 18.4 Å². The fourth-order valence-electron chi connectivity index (χ4n) is 1.51. The Morgan fingerprint density at radius 1 is 1.00 bits per heavy atom. The highest BCUT2D eigenvalue weighted by Gasteiger charge is 2.05. The molecule has 6 heteroatoms. The van der Waals surface area contributed by atoms with Crippen molar-refractivity contribution in [1.82, 2.24) is 10.6 Å². The summed E-state index contributed by atoms with van der Waals surface area (Å²) in [5, 5.41) is 7.99. The van der Waals surface area contributed by atoms with E-state index in [9.17, 15) is 14.4 Å². The van der Waals surface area contributed by atoms with E-state index in [1.165, 1.54) is 6.92 Å². The quantitative estimate of drug-likeness (QED) is 0.675. The number of carbonyl (C=O) groups excluding carboxylic acids is 3. The lowest BCUT2D eigenvalue weighted by Crippen LogP contribution is -2.34. The van der Waals surface area contributed by atoms with Gasteiger partial charge in [0.1, 0.15) is 0 Å². The molecule has 0 spiro atoms. The molecule has 0 unspecified atom stereocenters. The van der Waals surface area contributed by atoms with Crippen LogP contribution in [0.25, 0.3) is 0 Å². The topological polar surface area (TPSA) is 87.3 Å². The lowest BCUT2D eigenvalue weighted by atomic mass is 10.2. The summed E-state index contributed by atoms with van der Waals surface area (Å²) in [6, 6.07) is 6.58. The summed E-state index contributed by atoms with van der Waals surface area (Å²) >= 11 is 0. The van der Waals surface area contributed by atoms with E-state index in [1.54, 1.807) is 31.2 Å². The summed E-state index contributed by atoms with van der Waals surface area (Å²) in [5.41, 5.74) is 1.14. The summed E-state index contributed by atoms with van der Waals surface area (Å²) in [4.78, 5) is 33.6. The van der Waals surface area contributed by atoms with Gasteiger partial charge in [-0.3, -0.25) is 14.4 Å². The molecule has 20 heavy (non-hydrogen) atoms. The number of rotatable bonds is 6. The van der Waals surface area contributed by atoms with Gasteiger partial charge >= 0.3 is 0 Å². The van der Waals surface area contributed by atoms with Crippen molar-refractivity contribution in [1.29, 1.82) is 0 Å². The van der Waals surface area contributed by atoms with Crippen LogP contribution in [0.2, 0.25) is 0 Å². The van der Waals surface area contributed by atoms with E-state index in [0.717, 1.165) is 0 Å². The predicted molar refractivity (Wildman–Crippen MR) is 76.4 cm³/mol. The van der Waals surface area contributed by atoms with Gasteiger partial charge in [-0.25, -0.2) is 0 Å². The van der Waals surface area contributed by atoms with E-state index < -0.39 is 0 Å². The highest BCUT2D eigenvalue weighted by molar-refractivity contribution is 5.95. The van der Waals surface area contributed by atoms with Crippen molar-refractivity contribution in [2.24, 2.45) is 0 Å². The molecule has 108 valence electrons. The van der Waals surface area contributed by atoms with Crippen LogP contribution in [0.1, 0.15) is 30.6 Å². The van der Waals surface area contributed by atoms with Gasteiger partial charge in [0.15, 0.2) is 0 Å². The van der Waals surface area contributed by atoms with Crippen molar-refractivity contribution in [3.05, 3.63) is 29.8 Å².